The fourth-order valence-corrected chi connectivity index (χ4v) is 4.51. The molecule has 3 unspecified atom stereocenters. The molecular weight excluding hydrogens is 300 g/mol. The van der Waals surface area contributed by atoms with Gasteiger partial charge in [0.05, 0.1) is 0 Å². The molecule has 3 rings (SSSR count). The summed E-state index contributed by atoms with van der Waals surface area (Å²) in [4.78, 5) is 15.3. The van der Waals surface area contributed by atoms with Crippen molar-refractivity contribution in [2.24, 2.45) is 11.8 Å². The second kappa shape index (κ2) is 4.37. The van der Waals surface area contributed by atoms with E-state index in [1.54, 1.807) is 0 Å². The third-order valence-corrected chi connectivity index (χ3v) is 5.83. The van der Waals surface area contributed by atoms with Gasteiger partial charge in [-0.05, 0) is 46.1 Å². The van der Waals surface area contributed by atoms with E-state index >= 15 is 0 Å². The fourth-order valence-electron chi connectivity index (χ4n) is 3.01. The number of halogens is 1. The molecule has 3 atom stereocenters. The first-order chi connectivity index (χ1) is 8.18. The molecular formula is C12H15BrN2OS. The van der Waals surface area contributed by atoms with Gasteiger partial charge >= 0.3 is 0 Å². The van der Waals surface area contributed by atoms with E-state index in [4.69, 9.17) is 0 Å². The molecule has 2 saturated heterocycles. The predicted molar refractivity (Wildman–Crippen MR) is 72.4 cm³/mol. The molecule has 2 aliphatic rings. The smallest absolute Gasteiger partial charge is 0.265 e. The molecule has 1 N–H and O–H groups in total. The van der Waals surface area contributed by atoms with Crippen molar-refractivity contribution >= 4 is 33.2 Å². The van der Waals surface area contributed by atoms with Crippen LogP contribution < -0.4 is 5.32 Å². The minimum absolute atomic E-state index is 0.189. The zero-order valence-electron chi connectivity index (χ0n) is 9.65. The van der Waals surface area contributed by atoms with Gasteiger partial charge < -0.3 is 10.2 Å². The lowest BCUT2D eigenvalue weighted by Gasteiger charge is -2.24. The number of nitrogens with one attached hydrogen (secondary N) is 1. The maximum Gasteiger partial charge on any atom is 0.265 e. The Morgan fingerprint density at radius 2 is 2.41 bits per heavy atom. The maximum absolute atomic E-state index is 12.5. The molecule has 2 aliphatic heterocycles. The molecule has 92 valence electrons. The maximum atomic E-state index is 12.5. The molecule has 0 saturated carbocycles. The van der Waals surface area contributed by atoms with E-state index in [1.807, 2.05) is 16.3 Å². The van der Waals surface area contributed by atoms with Gasteiger partial charge in [0.25, 0.3) is 5.91 Å². The Kier molecular flexibility index (Phi) is 3.00. The molecule has 0 aromatic carbocycles. The number of thiophene rings is 1. The van der Waals surface area contributed by atoms with Gasteiger partial charge in [-0.25, -0.2) is 0 Å². The summed E-state index contributed by atoms with van der Waals surface area (Å²) in [5, 5.41) is 5.37. The number of carbonyl (C=O) groups excluding carboxylic acids is 1. The van der Waals surface area contributed by atoms with Crippen molar-refractivity contribution in [2.45, 2.75) is 13.0 Å². The Labute approximate surface area is 113 Å². The number of rotatable bonds is 1. The van der Waals surface area contributed by atoms with Crippen LogP contribution >= 0.6 is 27.3 Å². The topological polar surface area (TPSA) is 32.3 Å². The number of hydrogen-bond acceptors (Lipinski definition) is 3. The Morgan fingerprint density at radius 1 is 1.59 bits per heavy atom. The summed E-state index contributed by atoms with van der Waals surface area (Å²) in [6.45, 7) is 5.20. The Hall–Kier alpha value is -0.390. The molecule has 2 fully saturated rings. The van der Waals surface area contributed by atoms with E-state index in [1.165, 1.54) is 11.3 Å². The summed E-state index contributed by atoms with van der Waals surface area (Å²) < 4.78 is 0.926. The van der Waals surface area contributed by atoms with Crippen LogP contribution in [0.25, 0.3) is 0 Å². The zero-order valence-corrected chi connectivity index (χ0v) is 12.1. The Morgan fingerprint density at radius 3 is 3.06 bits per heavy atom. The van der Waals surface area contributed by atoms with E-state index in [-0.39, 0.29) is 5.91 Å². The third-order valence-electron chi connectivity index (χ3n) is 4.01. The second-order valence-electron chi connectivity index (χ2n) is 4.88. The van der Waals surface area contributed by atoms with Gasteiger partial charge in [-0.15, -0.1) is 11.3 Å². The van der Waals surface area contributed by atoms with Crippen molar-refractivity contribution in [2.75, 3.05) is 19.6 Å². The first kappa shape index (κ1) is 11.7. The van der Waals surface area contributed by atoms with Crippen LogP contribution in [-0.2, 0) is 0 Å². The van der Waals surface area contributed by atoms with Crippen LogP contribution in [0, 0.1) is 11.8 Å². The molecule has 1 amide bonds. The molecule has 1 aromatic heterocycles. The quantitative estimate of drug-likeness (QED) is 0.862. The lowest BCUT2D eigenvalue weighted by Crippen LogP contribution is -2.37. The highest BCUT2D eigenvalue weighted by Gasteiger charge is 2.44. The van der Waals surface area contributed by atoms with Crippen LogP contribution in [0.1, 0.15) is 16.6 Å². The molecule has 3 nitrogen and oxygen atoms in total. The predicted octanol–water partition coefficient (Wildman–Crippen LogP) is 2.19. The van der Waals surface area contributed by atoms with Crippen LogP contribution in [-0.4, -0.2) is 36.5 Å². The number of hydrogen-bond donors (Lipinski definition) is 1. The van der Waals surface area contributed by atoms with Crippen molar-refractivity contribution in [3.8, 4) is 0 Å². The van der Waals surface area contributed by atoms with Crippen molar-refractivity contribution < 1.29 is 4.79 Å². The largest absolute Gasteiger partial charge is 0.335 e. The molecule has 17 heavy (non-hydrogen) atoms. The summed E-state index contributed by atoms with van der Waals surface area (Å²) in [5.74, 6) is 1.47. The minimum atomic E-state index is 0.189. The molecule has 0 aliphatic carbocycles. The van der Waals surface area contributed by atoms with Crippen LogP contribution in [0.3, 0.4) is 0 Å². The second-order valence-corrected chi connectivity index (χ2v) is 6.65. The van der Waals surface area contributed by atoms with Crippen molar-refractivity contribution in [1.82, 2.24) is 10.2 Å². The normalized spacial score (nSPS) is 31.9. The van der Waals surface area contributed by atoms with Gasteiger partial charge in [0, 0.05) is 30.1 Å². The van der Waals surface area contributed by atoms with Crippen molar-refractivity contribution in [3.63, 3.8) is 0 Å². The molecule has 1 aromatic rings. The van der Waals surface area contributed by atoms with Crippen LogP contribution in [0.4, 0.5) is 0 Å². The summed E-state index contributed by atoms with van der Waals surface area (Å²) in [7, 11) is 0. The van der Waals surface area contributed by atoms with E-state index in [0.29, 0.717) is 17.9 Å². The van der Waals surface area contributed by atoms with E-state index in [9.17, 15) is 4.79 Å². The van der Waals surface area contributed by atoms with Gasteiger partial charge in [-0.1, -0.05) is 0 Å². The van der Waals surface area contributed by atoms with Gasteiger partial charge in [0.15, 0.2) is 0 Å². The highest BCUT2D eigenvalue weighted by molar-refractivity contribution is 9.10. The Balaban J connectivity index is 1.82. The number of fused-ring (bicyclic) bond motifs is 1. The zero-order chi connectivity index (χ0) is 12.0. The molecule has 0 radical (unpaired) electrons. The molecule has 3 heterocycles. The number of amides is 1. The number of nitrogens with zero attached hydrogens (tertiary/aromatic N) is 1. The minimum Gasteiger partial charge on any atom is -0.335 e. The first-order valence-corrected chi connectivity index (χ1v) is 7.60. The molecule has 0 bridgehead atoms. The summed E-state index contributed by atoms with van der Waals surface area (Å²) >= 11 is 4.97. The monoisotopic (exact) mass is 314 g/mol. The first-order valence-electron chi connectivity index (χ1n) is 5.93. The van der Waals surface area contributed by atoms with Gasteiger partial charge in [0.1, 0.15) is 4.88 Å². The number of likely N-dealkylation sites (tertiary alicyclic amines) is 1. The van der Waals surface area contributed by atoms with Crippen LogP contribution in [0.2, 0.25) is 0 Å². The Bertz CT molecular complexity index is 447. The van der Waals surface area contributed by atoms with Gasteiger partial charge in [-0.2, -0.15) is 0 Å². The average molecular weight is 315 g/mol. The van der Waals surface area contributed by atoms with Gasteiger partial charge in [0.2, 0.25) is 0 Å². The van der Waals surface area contributed by atoms with Crippen molar-refractivity contribution in [1.29, 1.82) is 0 Å². The molecule has 5 heteroatoms. The van der Waals surface area contributed by atoms with E-state index in [2.05, 4.69) is 28.2 Å². The van der Waals surface area contributed by atoms with Crippen LogP contribution in [0.5, 0.6) is 0 Å². The lowest BCUT2D eigenvalue weighted by molar-refractivity contribution is 0.0732. The highest BCUT2D eigenvalue weighted by Crippen LogP contribution is 2.35. The summed E-state index contributed by atoms with van der Waals surface area (Å²) in [6, 6.07) is 2.30. The summed E-state index contributed by atoms with van der Waals surface area (Å²) in [6.07, 6.45) is 0. The van der Waals surface area contributed by atoms with Crippen molar-refractivity contribution in [3.05, 3.63) is 20.8 Å². The number of carbonyl (C=O) groups is 1. The van der Waals surface area contributed by atoms with Crippen LogP contribution in [0.15, 0.2) is 15.9 Å². The van der Waals surface area contributed by atoms with E-state index < -0.39 is 0 Å². The lowest BCUT2D eigenvalue weighted by atomic mass is 9.95. The average Bonchev–Trinajstić information content (AvgIpc) is 2.96. The third kappa shape index (κ3) is 1.84. The standard InChI is InChI=1S/C12H15BrN2OS/c1-7-9-5-14-4-8(9)6-15(7)12(16)11-10(13)2-3-17-11/h2-3,7-9,14H,4-6H2,1H3. The summed E-state index contributed by atoms with van der Waals surface area (Å²) in [5.41, 5.74) is 0. The highest BCUT2D eigenvalue weighted by atomic mass is 79.9. The van der Waals surface area contributed by atoms with E-state index in [0.717, 1.165) is 29.0 Å². The fraction of sp³-hybridized carbons (Fsp3) is 0.583. The van der Waals surface area contributed by atoms with Gasteiger partial charge in [-0.3, -0.25) is 4.79 Å². The SMILES string of the molecule is CC1C2CNCC2CN1C(=O)c1sccc1Br. The molecule has 0 spiro atoms.